The van der Waals surface area contributed by atoms with E-state index in [-0.39, 0.29) is 17.4 Å². The van der Waals surface area contributed by atoms with Gasteiger partial charge in [-0.15, -0.1) is 5.10 Å². The molecular formula is C20H23FN6O. The SMILES string of the molecule is Cc1cc(-n2nnc(C(=O)NCCCN(C)C)c2-c2ccncc2)ccc1F. The Bertz CT molecular complexity index is 955. The van der Waals surface area contributed by atoms with E-state index >= 15 is 0 Å². The van der Waals surface area contributed by atoms with Gasteiger partial charge in [0.15, 0.2) is 5.69 Å². The number of nitrogens with one attached hydrogen (secondary N) is 1. The third kappa shape index (κ3) is 4.40. The smallest absolute Gasteiger partial charge is 0.274 e. The molecule has 0 saturated heterocycles. The van der Waals surface area contributed by atoms with Crippen LogP contribution in [0.3, 0.4) is 0 Å². The second-order valence-corrected chi connectivity index (χ2v) is 6.78. The lowest BCUT2D eigenvalue weighted by atomic mass is 10.1. The van der Waals surface area contributed by atoms with Crippen LogP contribution in [0.4, 0.5) is 4.39 Å². The lowest BCUT2D eigenvalue weighted by Crippen LogP contribution is -2.27. The van der Waals surface area contributed by atoms with Crippen molar-refractivity contribution in [3.8, 4) is 16.9 Å². The topological polar surface area (TPSA) is 75.9 Å². The molecule has 1 N–H and O–H groups in total. The molecule has 2 aromatic heterocycles. The molecule has 0 spiro atoms. The van der Waals surface area contributed by atoms with E-state index < -0.39 is 0 Å². The molecule has 2 heterocycles. The highest BCUT2D eigenvalue weighted by molar-refractivity contribution is 5.98. The van der Waals surface area contributed by atoms with E-state index in [2.05, 4.69) is 25.5 Å². The molecule has 0 aliphatic rings. The largest absolute Gasteiger partial charge is 0.351 e. The first-order chi connectivity index (χ1) is 13.5. The molecule has 0 fully saturated rings. The molecule has 1 amide bonds. The van der Waals surface area contributed by atoms with Crippen LogP contribution in [-0.4, -0.2) is 58.0 Å². The maximum Gasteiger partial charge on any atom is 0.274 e. The van der Waals surface area contributed by atoms with Gasteiger partial charge in [-0.2, -0.15) is 0 Å². The third-order valence-corrected chi connectivity index (χ3v) is 4.29. The fourth-order valence-electron chi connectivity index (χ4n) is 2.83. The van der Waals surface area contributed by atoms with Crippen molar-refractivity contribution in [3.63, 3.8) is 0 Å². The Morgan fingerprint density at radius 3 is 2.64 bits per heavy atom. The van der Waals surface area contributed by atoms with E-state index in [1.54, 1.807) is 48.3 Å². The summed E-state index contributed by atoms with van der Waals surface area (Å²) in [4.78, 5) is 18.8. The molecule has 7 nitrogen and oxygen atoms in total. The number of carbonyl (C=O) groups excluding carboxylic acids is 1. The van der Waals surface area contributed by atoms with Gasteiger partial charge in [-0.3, -0.25) is 9.78 Å². The van der Waals surface area contributed by atoms with Gasteiger partial charge in [0.1, 0.15) is 11.5 Å². The van der Waals surface area contributed by atoms with Gasteiger partial charge in [0.2, 0.25) is 0 Å². The van der Waals surface area contributed by atoms with Crippen molar-refractivity contribution in [3.05, 3.63) is 59.8 Å². The highest BCUT2D eigenvalue weighted by Crippen LogP contribution is 2.25. The molecular weight excluding hydrogens is 359 g/mol. The van der Waals surface area contributed by atoms with Crippen LogP contribution in [0.15, 0.2) is 42.7 Å². The van der Waals surface area contributed by atoms with Crippen molar-refractivity contribution >= 4 is 5.91 Å². The Morgan fingerprint density at radius 1 is 1.21 bits per heavy atom. The molecule has 0 aliphatic heterocycles. The number of pyridine rings is 1. The summed E-state index contributed by atoms with van der Waals surface area (Å²) in [5.41, 5.74) is 2.63. The number of aromatic nitrogens is 4. The first-order valence-corrected chi connectivity index (χ1v) is 9.03. The molecule has 3 aromatic rings. The molecule has 146 valence electrons. The van der Waals surface area contributed by atoms with Gasteiger partial charge in [-0.05, 0) is 69.9 Å². The lowest BCUT2D eigenvalue weighted by molar-refractivity contribution is 0.0948. The van der Waals surface area contributed by atoms with Crippen LogP contribution >= 0.6 is 0 Å². The van der Waals surface area contributed by atoms with Crippen molar-refractivity contribution in [1.29, 1.82) is 0 Å². The second kappa shape index (κ2) is 8.71. The first-order valence-electron chi connectivity index (χ1n) is 9.03. The van der Waals surface area contributed by atoms with Crippen molar-refractivity contribution in [2.75, 3.05) is 27.2 Å². The second-order valence-electron chi connectivity index (χ2n) is 6.78. The minimum absolute atomic E-state index is 0.220. The molecule has 0 radical (unpaired) electrons. The fraction of sp³-hybridized carbons (Fsp3) is 0.300. The van der Waals surface area contributed by atoms with E-state index in [0.717, 1.165) is 18.5 Å². The van der Waals surface area contributed by atoms with Crippen LogP contribution in [0.5, 0.6) is 0 Å². The zero-order valence-electron chi connectivity index (χ0n) is 16.2. The number of aryl methyl sites for hydroxylation is 1. The van der Waals surface area contributed by atoms with Gasteiger partial charge < -0.3 is 10.2 Å². The zero-order chi connectivity index (χ0) is 20.1. The summed E-state index contributed by atoms with van der Waals surface area (Å²) >= 11 is 0. The Kier molecular flexibility index (Phi) is 6.10. The molecule has 0 atom stereocenters. The average molecular weight is 382 g/mol. The molecule has 0 unspecified atom stereocenters. The summed E-state index contributed by atoms with van der Waals surface area (Å²) in [6, 6.07) is 8.24. The van der Waals surface area contributed by atoms with Gasteiger partial charge >= 0.3 is 0 Å². The predicted octanol–water partition coefficient (Wildman–Crippen LogP) is 2.46. The van der Waals surface area contributed by atoms with Crippen LogP contribution in [0.25, 0.3) is 16.9 Å². The van der Waals surface area contributed by atoms with Crippen LogP contribution in [-0.2, 0) is 0 Å². The normalized spacial score (nSPS) is 11.0. The number of nitrogens with zero attached hydrogens (tertiary/aromatic N) is 5. The Morgan fingerprint density at radius 2 is 1.96 bits per heavy atom. The van der Waals surface area contributed by atoms with Crippen LogP contribution in [0, 0.1) is 12.7 Å². The van der Waals surface area contributed by atoms with Gasteiger partial charge in [0.25, 0.3) is 5.91 Å². The molecule has 1 aromatic carbocycles. The number of halogens is 1. The number of hydrogen-bond acceptors (Lipinski definition) is 5. The molecule has 0 saturated carbocycles. The molecule has 0 bridgehead atoms. The predicted molar refractivity (Wildman–Crippen MR) is 105 cm³/mol. The Hall–Kier alpha value is -3.13. The first kappa shape index (κ1) is 19.6. The molecule has 3 rings (SSSR count). The summed E-state index contributed by atoms with van der Waals surface area (Å²) in [6.45, 7) is 3.09. The van der Waals surface area contributed by atoms with Gasteiger partial charge in [-0.1, -0.05) is 5.21 Å². The van der Waals surface area contributed by atoms with E-state index in [1.807, 2.05) is 14.1 Å². The monoisotopic (exact) mass is 382 g/mol. The maximum absolute atomic E-state index is 13.7. The summed E-state index contributed by atoms with van der Waals surface area (Å²) in [7, 11) is 3.97. The van der Waals surface area contributed by atoms with Gasteiger partial charge in [-0.25, -0.2) is 9.07 Å². The molecule has 8 heteroatoms. The van der Waals surface area contributed by atoms with Crippen molar-refractivity contribution in [1.82, 2.24) is 30.2 Å². The van der Waals surface area contributed by atoms with Crippen LogP contribution in [0.2, 0.25) is 0 Å². The number of amides is 1. The zero-order valence-corrected chi connectivity index (χ0v) is 16.2. The highest BCUT2D eigenvalue weighted by Gasteiger charge is 2.22. The maximum atomic E-state index is 13.7. The average Bonchev–Trinajstić information content (AvgIpc) is 3.13. The fourth-order valence-corrected chi connectivity index (χ4v) is 2.83. The lowest BCUT2D eigenvalue weighted by Gasteiger charge is -2.11. The summed E-state index contributed by atoms with van der Waals surface area (Å²) in [6.07, 6.45) is 4.11. The quantitative estimate of drug-likeness (QED) is 0.636. The summed E-state index contributed by atoms with van der Waals surface area (Å²) in [5.74, 6) is -0.594. The summed E-state index contributed by atoms with van der Waals surface area (Å²) in [5, 5.41) is 11.2. The molecule has 28 heavy (non-hydrogen) atoms. The van der Waals surface area contributed by atoms with Crippen LogP contribution < -0.4 is 5.32 Å². The standard InChI is InChI=1S/C20H23FN6O/c1-14-13-16(5-6-17(14)21)27-19(15-7-10-22-11-8-15)18(24-25-27)20(28)23-9-4-12-26(2)3/h5-8,10-11,13H,4,9,12H2,1-3H3,(H,23,28). The van der Waals surface area contributed by atoms with E-state index in [9.17, 15) is 9.18 Å². The van der Waals surface area contributed by atoms with Crippen LogP contribution in [0.1, 0.15) is 22.5 Å². The van der Waals surface area contributed by atoms with E-state index in [1.165, 1.54) is 6.07 Å². The number of rotatable bonds is 7. The minimum Gasteiger partial charge on any atom is -0.351 e. The molecule has 0 aliphatic carbocycles. The minimum atomic E-state index is -0.298. The van der Waals surface area contributed by atoms with Crippen molar-refractivity contribution in [2.24, 2.45) is 0 Å². The van der Waals surface area contributed by atoms with E-state index in [0.29, 0.717) is 23.5 Å². The highest BCUT2D eigenvalue weighted by atomic mass is 19.1. The van der Waals surface area contributed by atoms with Crippen molar-refractivity contribution < 1.29 is 9.18 Å². The van der Waals surface area contributed by atoms with Gasteiger partial charge in [0.05, 0.1) is 5.69 Å². The number of carbonyl (C=O) groups is 1. The van der Waals surface area contributed by atoms with E-state index in [4.69, 9.17) is 0 Å². The third-order valence-electron chi connectivity index (χ3n) is 4.29. The number of hydrogen-bond donors (Lipinski definition) is 1. The number of benzene rings is 1. The summed E-state index contributed by atoms with van der Waals surface area (Å²) < 4.78 is 15.2. The Balaban J connectivity index is 1.96. The Labute approximate surface area is 163 Å². The van der Waals surface area contributed by atoms with Gasteiger partial charge in [0, 0.05) is 24.5 Å². The van der Waals surface area contributed by atoms with Crippen molar-refractivity contribution in [2.45, 2.75) is 13.3 Å².